The zero-order valence-corrected chi connectivity index (χ0v) is 22.4. The molecule has 38 heavy (non-hydrogen) atoms. The quantitative estimate of drug-likeness (QED) is 0.374. The fraction of sp³-hybridized carbons (Fsp3) is 0.467. The molecule has 0 radical (unpaired) electrons. The lowest BCUT2D eigenvalue weighted by Gasteiger charge is -2.33. The van der Waals surface area contributed by atoms with Crippen LogP contribution in [0.25, 0.3) is 0 Å². The van der Waals surface area contributed by atoms with Crippen molar-refractivity contribution in [2.24, 2.45) is 21.8 Å². The second-order valence-electron chi connectivity index (χ2n) is 9.84. The molecule has 2 heterocycles. The number of hydrogen-bond acceptors (Lipinski definition) is 8. The van der Waals surface area contributed by atoms with Crippen molar-refractivity contribution in [1.29, 1.82) is 0 Å². The number of methoxy groups -OCH3 is 2. The van der Waals surface area contributed by atoms with Crippen LogP contribution in [0.5, 0.6) is 0 Å². The van der Waals surface area contributed by atoms with Crippen LogP contribution in [-0.4, -0.2) is 86.6 Å². The number of carbonyl (C=O) groups excluding carboxylic acids is 2. The maximum atomic E-state index is 12.6. The van der Waals surface area contributed by atoms with Crippen LogP contribution in [-0.2, 0) is 32.2 Å². The molecule has 2 aromatic rings. The van der Waals surface area contributed by atoms with Crippen molar-refractivity contribution in [3.63, 3.8) is 0 Å². The fourth-order valence-electron chi connectivity index (χ4n) is 5.25. The third-order valence-corrected chi connectivity index (χ3v) is 7.25. The van der Waals surface area contributed by atoms with E-state index in [-0.39, 0.29) is 23.8 Å². The van der Waals surface area contributed by atoms with Crippen LogP contribution >= 0.6 is 0 Å². The van der Waals surface area contributed by atoms with Crippen molar-refractivity contribution in [2.75, 3.05) is 53.5 Å². The van der Waals surface area contributed by atoms with Gasteiger partial charge < -0.3 is 9.47 Å². The Balaban J connectivity index is 1.35. The summed E-state index contributed by atoms with van der Waals surface area (Å²) in [5.74, 6) is -1.22. The molecule has 0 bridgehead atoms. The summed E-state index contributed by atoms with van der Waals surface area (Å²) in [4.78, 5) is 39.2. The molecule has 8 nitrogen and oxygen atoms in total. The standard InChI is InChI=1S/C30H38N4O4/c1-37-29(35)25-21-33(19-23-9-5-3-6-10-23)17-13-27(25)31-15-16-32-28-14-18-34(22-26(28)30(36)38-2)20-24-11-7-4-8-12-24/h3-12,25-26H,13-22H2,1-2H3. The zero-order valence-electron chi connectivity index (χ0n) is 22.4. The van der Waals surface area contributed by atoms with Crippen molar-refractivity contribution in [2.45, 2.75) is 25.9 Å². The summed E-state index contributed by atoms with van der Waals surface area (Å²) in [5, 5.41) is 0. The molecule has 0 spiro atoms. The lowest BCUT2D eigenvalue weighted by Crippen LogP contribution is -2.44. The van der Waals surface area contributed by atoms with Gasteiger partial charge in [0.05, 0.1) is 27.3 Å². The number of esters is 2. The molecule has 2 aliphatic rings. The first-order valence-electron chi connectivity index (χ1n) is 13.3. The van der Waals surface area contributed by atoms with Crippen LogP contribution in [0.3, 0.4) is 0 Å². The molecule has 202 valence electrons. The average molecular weight is 519 g/mol. The maximum absolute atomic E-state index is 12.6. The van der Waals surface area contributed by atoms with Gasteiger partial charge >= 0.3 is 11.9 Å². The van der Waals surface area contributed by atoms with Crippen molar-refractivity contribution in [3.8, 4) is 0 Å². The van der Waals surface area contributed by atoms with Crippen LogP contribution in [0.1, 0.15) is 24.0 Å². The van der Waals surface area contributed by atoms with E-state index < -0.39 is 0 Å². The molecule has 2 atom stereocenters. The Morgan fingerprint density at radius 1 is 0.711 bits per heavy atom. The Bertz CT molecular complexity index is 1030. The maximum Gasteiger partial charge on any atom is 0.315 e. The molecular weight excluding hydrogens is 480 g/mol. The summed E-state index contributed by atoms with van der Waals surface area (Å²) in [6.45, 7) is 5.43. The largest absolute Gasteiger partial charge is 0.468 e. The van der Waals surface area contributed by atoms with Crippen LogP contribution in [0.4, 0.5) is 0 Å². The fourth-order valence-corrected chi connectivity index (χ4v) is 5.25. The predicted molar refractivity (Wildman–Crippen MR) is 148 cm³/mol. The molecule has 0 amide bonds. The van der Waals surface area contributed by atoms with Crippen LogP contribution in [0.2, 0.25) is 0 Å². The second-order valence-corrected chi connectivity index (χ2v) is 9.84. The van der Waals surface area contributed by atoms with Gasteiger partial charge in [-0.25, -0.2) is 0 Å². The minimum atomic E-state index is -0.367. The molecule has 2 saturated heterocycles. The summed E-state index contributed by atoms with van der Waals surface area (Å²) < 4.78 is 10.2. The lowest BCUT2D eigenvalue weighted by atomic mass is 9.94. The van der Waals surface area contributed by atoms with E-state index in [1.165, 1.54) is 25.3 Å². The van der Waals surface area contributed by atoms with Crippen molar-refractivity contribution in [3.05, 3.63) is 71.8 Å². The number of benzene rings is 2. The summed E-state index contributed by atoms with van der Waals surface area (Å²) in [5.41, 5.74) is 4.21. The van der Waals surface area contributed by atoms with Crippen molar-refractivity contribution in [1.82, 2.24) is 9.80 Å². The molecule has 8 heteroatoms. The number of ether oxygens (including phenoxy) is 2. The number of nitrogens with zero attached hydrogens (tertiary/aromatic N) is 4. The SMILES string of the molecule is COC(=O)C1CN(Cc2ccccc2)CCC1=NCCN=C1CCN(Cc2ccccc2)CC1C(=O)OC. The Morgan fingerprint density at radius 2 is 1.11 bits per heavy atom. The first kappa shape index (κ1) is 27.7. The molecule has 0 aromatic heterocycles. The Hall–Kier alpha value is -3.36. The van der Waals surface area contributed by atoms with E-state index in [1.807, 2.05) is 36.4 Å². The molecule has 4 rings (SSSR count). The first-order valence-corrected chi connectivity index (χ1v) is 13.3. The number of hydrogen-bond donors (Lipinski definition) is 0. The Kier molecular flexibility index (Phi) is 10.2. The number of piperidine rings is 2. The van der Waals surface area contributed by atoms with Gasteiger partial charge in [0.25, 0.3) is 0 Å². The summed E-state index contributed by atoms with van der Waals surface area (Å²) in [7, 11) is 2.86. The van der Waals surface area contributed by atoms with E-state index in [0.717, 1.165) is 50.4 Å². The highest BCUT2D eigenvalue weighted by molar-refractivity contribution is 6.04. The number of rotatable bonds is 9. The second kappa shape index (κ2) is 14.0. The molecule has 2 fully saturated rings. The molecule has 2 unspecified atom stereocenters. The molecular formula is C30H38N4O4. The smallest absolute Gasteiger partial charge is 0.315 e. The highest BCUT2D eigenvalue weighted by Crippen LogP contribution is 2.20. The summed E-state index contributed by atoms with van der Waals surface area (Å²) >= 11 is 0. The van der Waals surface area contributed by atoms with Gasteiger partial charge in [-0.05, 0) is 24.0 Å². The van der Waals surface area contributed by atoms with E-state index in [2.05, 4.69) is 34.1 Å². The van der Waals surface area contributed by atoms with Gasteiger partial charge in [-0.15, -0.1) is 0 Å². The van der Waals surface area contributed by atoms with E-state index in [4.69, 9.17) is 19.5 Å². The van der Waals surface area contributed by atoms with Crippen LogP contribution in [0, 0.1) is 11.8 Å². The van der Waals surface area contributed by atoms with E-state index >= 15 is 0 Å². The molecule has 2 aromatic carbocycles. The van der Waals surface area contributed by atoms with Gasteiger partial charge in [0, 0.05) is 50.7 Å². The molecule has 0 saturated carbocycles. The Morgan fingerprint density at radius 3 is 1.47 bits per heavy atom. The van der Waals surface area contributed by atoms with Gasteiger partial charge in [0.15, 0.2) is 0 Å². The topological polar surface area (TPSA) is 83.8 Å². The number of aliphatic imine (C=N–C) groups is 2. The average Bonchev–Trinajstić information content (AvgIpc) is 2.96. The van der Waals surface area contributed by atoms with E-state index in [9.17, 15) is 9.59 Å². The van der Waals surface area contributed by atoms with Gasteiger partial charge in [-0.2, -0.15) is 0 Å². The van der Waals surface area contributed by atoms with Crippen LogP contribution in [0.15, 0.2) is 70.6 Å². The lowest BCUT2D eigenvalue weighted by molar-refractivity contribution is -0.144. The molecule has 0 N–H and O–H groups in total. The summed E-state index contributed by atoms with van der Waals surface area (Å²) in [6.07, 6.45) is 1.45. The minimum Gasteiger partial charge on any atom is -0.468 e. The van der Waals surface area contributed by atoms with Crippen molar-refractivity contribution >= 4 is 23.4 Å². The normalized spacial score (nSPS) is 22.9. The minimum absolute atomic E-state index is 0.246. The first-order chi connectivity index (χ1) is 18.6. The zero-order chi connectivity index (χ0) is 26.7. The highest BCUT2D eigenvalue weighted by atomic mass is 16.5. The Labute approximate surface area is 225 Å². The van der Waals surface area contributed by atoms with Gasteiger partial charge in [0.2, 0.25) is 0 Å². The van der Waals surface area contributed by atoms with Gasteiger partial charge in [-0.3, -0.25) is 29.4 Å². The van der Waals surface area contributed by atoms with Crippen molar-refractivity contribution < 1.29 is 19.1 Å². The van der Waals surface area contributed by atoms with Crippen LogP contribution < -0.4 is 0 Å². The van der Waals surface area contributed by atoms with Gasteiger partial charge in [0.1, 0.15) is 11.8 Å². The third-order valence-electron chi connectivity index (χ3n) is 7.25. The monoisotopic (exact) mass is 518 g/mol. The molecule has 0 aliphatic carbocycles. The number of carbonyl (C=O) groups is 2. The molecule has 2 aliphatic heterocycles. The predicted octanol–water partition coefficient (Wildman–Crippen LogP) is 3.26. The third kappa shape index (κ3) is 7.58. The number of likely N-dealkylation sites (tertiary alicyclic amines) is 2. The van der Waals surface area contributed by atoms with E-state index in [1.54, 1.807) is 0 Å². The van der Waals surface area contributed by atoms with Gasteiger partial charge in [-0.1, -0.05) is 60.7 Å². The highest BCUT2D eigenvalue weighted by Gasteiger charge is 2.33. The van der Waals surface area contributed by atoms with E-state index in [0.29, 0.717) is 26.2 Å². The summed E-state index contributed by atoms with van der Waals surface area (Å²) in [6, 6.07) is 20.5.